The number of fused-ring (bicyclic) bond motifs is 1. The Balaban J connectivity index is 2.18. The molecule has 5 heteroatoms. The smallest absolute Gasteiger partial charge is 0.230 e. The van der Waals surface area contributed by atoms with E-state index in [-0.39, 0.29) is 16.7 Å². The molecule has 1 amide bonds. The number of carbonyl (C=O) groups excluding carboxylic acids is 1. The molecule has 2 atom stereocenters. The molecule has 66 valence electrons. The number of alkyl halides is 1. The Morgan fingerprint density at radius 2 is 2.58 bits per heavy atom. The maximum Gasteiger partial charge on any atom is 0.230 e. The van der Waals surface area contributed by atoms with Crippen LogP contribution in [0.4, 0.5) is 0 Å². The van der Waals surface area contributed by atoms with Crippen molar-refractivity contribution >= 4 is 29.3 Å². The second-order valence-electron chi connectivity index (χ2n) is 2.85. The summed E-state index contributed by atoms with van der Waals surface area (Å²) in [6.45, 7) is 0. The van der Waals surface area contributed by atoms with Crippen LogP contribution in [0.5, 0.6) is 0 Å². The van der Waals surface area contributed by atoms with Gasteiger partial charge >= 0.3 is 0 Å². The van der Waals surface area contributed by atoms with Crippen molar-refractivity contribution < 1.29 is 4.79 Å². The van der Waals surface area contributed by atoms with Gasteiger partial charge in [-0.25, -0.2) is 0 Å². The summed E-state index contributed by atoms with van der Waals surface area (Å²) in [5, 5.41) is 0.233. The van der Waals surface area contributed by atoms with E-state index in [0.717, 1.165) is 5.57 Å². The van der Waals surface area contributed by atoms with E-state index in [4.69, 9.17) is 17.3 Å². The van der Waals surface area contributed by atoms with Gasteiger partial charge in [-0.1, -0.05) is 0 Å². The molecule has 2 aliphatic heterocycles. The topological polar surface area (TPSA) is 46.3 Å². The fourth-order valence-corrected chi connectivity index (χ4v) is 2.82. The molecular weight excluding hydrogens is 196 g/mol. The molecule has 0 aromatic rings. The summed E-state index contributed by atoms with van der Waals surface area (Å²) in [4.78, 5) is 12.7. The lowest BCUT2D eigenvalue weighted by molar-refractivity contribution is -0.137. The van der Waals surface area contributed by atoms with E-state index in [1.807, 2.05) is 0 Å². The number of nitrogens with two attached hydrogens (primary N) is 1. The van der Waals surface area contributed by atoms with Gasteiger partial charge in [0.05, 0.1) is 17.2 Å². The van der Waals surface area contributed by atoms with E-state index in [1.165, 1.54) is 0 Å². The highest BCUT2D eigenvalue weighted by Gasteiger charge is 2.40. The van der Waals surface area contributed by atoms with Crippen molar-refractivity contribution in [3.8, 4) is 0 Å². The van der Waals surface area contributed by atoms with Crippen molar-refractivity contribution in [3.05, 3.63) is 11.8 Å². The molecular formula is C7H9ClN2OS. The number of amides is 1. The van der Waals surface area contributed by atoms with Crippen molar-refractivity contribution in [3.63, 3.8) is 0 Å². The molecule has 0 bridgehead atoms. The van der Waals surface area contributed by atoms with Crippen molar-refractivity contribution in [2.24, 2.45) is 5.73 Å². The molecule has 1 fully saturated rings. The molecule has 3 nitrogen and oxygen atoms in total. The molecule has 2 aliphatic rings. The summed E-state index contributed by atoms with van der Waals surface area (Å²) in [5.74, 6) is 0.576. The number of nitrogens with zero attached hydrogens (tertiary/aromatic N) is 1. The lowest BCUT2D eigenvalue weighted by atomic mass is 10.2. The molecule has 1 saturated heterocycles. The zero-order valence-corrected chi connectivity index (χ0v) is 7.94. The fourth-order valence-electron chi connectivity index (χ4n) is 1.29. The Labute approximate surface area is 79.9 Å². The maximum atomic E-state index is 11.0. The number of hydrogen-bond acceptors (Lipinski definition) is 3. The largest absolute Gasteiger partial charge is 0.316 e. The van der Waals surface area contributed by atoms with Gasteiger partial charge in [-0.15, -0.1) is 23.4 Å². The summed E-state index contributed by atoms with van der Waals surface area (Å²) in [7, 11) is 0. The van der Waals surface area contributed by atoms with Crippen LogP contribution >= 0.6 is 23.4 Å². The Morgan fingerprint density at radius 1 is 1.83 bits per heavy atom. The number of β-lactam (4-membered cyclic amide) rings is 1. The van der Waals surface area contributed by atoms with Gasteiger partial charge in [0, 0.05) is 12.1 Å². The van der Waals surface area contributed by atoms with Crippen molar-refractivity contribution in [2.75, 3.05) is 5.88 Å². The highest BCUT2D eigenvalue weighted by atomic mass is 35.5. The van der Waals surface area contributed by atoms with Gasteiger partial charge in [0.25, 0.3) is 0 Å². The van der Waals surface area contributed by atoms with Crippen molar-refractivity contribution in [1.29, 1.82) is 0 Å². The normalized spacial score (nSPS) is 34.0. The first-order chi connectivity index (χ1) is 5.72. The third kappa shape index (κ3) is 1.14. The fraction of sp³-hybridized carbons (Fsp3) is 0.571. The molecule has 0 radical (unpaired) electrons. The number of hydrogen-bond donors (Lipinski definition) is 1. The minimum absolute atomic E-state index is 0.0307. The monoisotopic (exact) mass is 204 g/mol. The van der Waals surface area contributed by atoms with E-state index < -0.39 is 0 Å². The first kappa shape index (κ1) is 8.41. The highest BCUT2D eigenvalue weighted by Crippen LogP contribution is 2.38. The maximum absolute atomic E-state index is 11.0. The predicted molar refractivity (Wildman–Crippen MR) is 49.6 cm³/mol. The van der Waals surface area contributed by atoms with Crippen LogP contribution in [0.25, 0.3) is 0 Å². The standard InChI is InChI=1S/C7H9ClN2OS/c8-2-4-3-10-5(11)1-6(10)12-7(4)9/h3,6-7H,1-2,9H2/t6-,7?/m1/s1. The van der Waals surface area contributed by atoms with Crippen LogP contribution in [0.2, 0.25) is 0 Å². The van der Waals surface area contributed by atoms with Crippen LogP contribution in [0.15, 0.2) is 11.8 Å². The molecule has 2 heterocycles. The van der Waals surface area contributed by atoms with Gasteiger partial charge in [0.2, 0.25) is 5.91 Å². The molecule has 2 N–H and O–H groups in total. The van der Waals surface area contributed by atoms with Gasteiger partial charge < -0.3 is 10.6 Å². The van der Waals surface area contributed by atoms with Gasteiger partial charge in [0.15, 0.2) is 0 Å². The number of rotatable bonds is 1. The summed E-state index contributed by atoms with van der Waals surface area (Å²) in [6, 6.07) is 0. The highest BCUT2D eigenvalue weighted by molar-refractivity contribution is 8.00. The first-order valence-electron chi connectivity index (χ1n) is 3.71. The number of thioether (sulfide) groups is 1. The van der Waals surface area contributed by atoms with E-state index in [9.17, 15) is 4.79 Å². The Kier molecular flexibility index (Phi) is 2.06. The molecule has 0 spiro atoms. The molecule has 12 heavy (non-hydrogen) atoms. The van der Waals surface area contributed by atoms with Crippen LogP contribution < -0.4 is 5.73 Å². The molecule has 0 aromatic carbocycles. The molecule has 1 unspecified atom stereocenters. The van der Waals surface area contributed by atoms with Crippen molar-refractivity contribution in [1.82, 2.24) is 4.90 Å². The Morgan fingerprint density at radius 3 is 3.17 bits per heavy atom. The zero-order chi connectivity index (χ0) is 8.72. The van der Waals surface area contributed by atoms with Gasteiger partial charge in [-0.05, 0) is 5.57 Å². The summed E-state index contributed by atoms with van der Waals surface area (Å²) in [6.07, 6.45) is 2.41. The van der Waals surface area contributed by atoms with Crippen molar-refractivity contribution in [2.45, 2.75) is 17.2 Å². The third-order valence-electron chi connectivity index (χ3n) is 2.08. The van der Waals surface area contributed by atoms with Gasteiger partial charge in [0.1, 0.15) is 0 Å². The van der Waals surface area contributed by atoms with E-state index in [1.54, 1.807) is 22.9 Å². The SMILES string of the molecule is NC1S[C@@H]2CC(=O)N2C=C1CCl. The van der Waals surface area contributed by atoms with Gasteiger partial charge in [-0.3, -0.25) is 4.79 Å². The van der Waals surface area contributed by atoms with Crippen LogP contribution in [0.3, 0.4) is 0 Å². The quantitative estimate of drug-likeness (QED) is 0.505. The lowest BCUT2D eigenvalue weighted by Gasteiger charge is -2.42. The molecule has 0 saturated carbocycles. The lowest BCUT2D eigenvalue weighted by Crippen LogP contribution is -2.51. The minimum atomic E-state index is -0.0307. The molecule has 2 rings (SSSR count). The average Bonchev–Trinajstić information content (AvgIpc) is 2.04. The summed E-state index contributed by atoms with van der Waals surface area (Å²) >= 11 is 7.26. The first-order valence-corrected chi connectivity index (χ1v) is 5.19. The second-order valence-corrected chi connectivity index (χ2v) is 4.45. The predicted octanol–water partition coefficient (Wildman–Crippen LogP) is 0.699. The minimum Gasteiger partial charge on any atom is -0.316 e. The average molecular weight is 205 g/mol. The van der Waals surface area contributed by atoms with Crippen LogP contribution in [0.1, 0.15) is 6.42 Å². The van der Waals surface area contributed by atoms with Crippen LogP contribution in [-0.4, -0.2) is 27.4 Å². The summed E-state index contributed by atoms with van der Waals surface area (Å²) < 4.78 is 0. The van der Waals surface area contributed by atoms with E-state index >= 15 is 0 Å². The van der Waals surface area contributed by atoms with Crippen LogP contribution in [0, 0.1) is 0 Å². The number of halogens is 1. The van der Waals surface area contributed by atoms with Crippen LogP contribution in [-0.2, 0) is 4.79 Å². The Bertz CT molecular complexity index is 256. The zero-order valence-electron chi connectivity index (χ0n) is 6.37. The molecule has 0 aromatic heterocycles. The second kappa shape index (κ2) is 2.94. The molecule has 0 aliphatic carbocycles. The third-order valence-corrected chi connectivity index (χ3v) is 3.69. The van der Waals surface area contributed by atoms with E-state index in [2.05, 4.69) is 0 Å². The Hall–Kier alpha value is -0.190. The van der Waals surface area contributed by atoms with Gasteiger partial charge in [-0.2, -0.15) is 0 Å². The summed E-state index contributed by atoms with van der Waals surface area (Å²) in [5.41, 5.74) is 6.73. The number of carbonyl (C=O) groups is 1. The van der Waals surface area contributed by atoms with E-state index in [0.29, 0.717) is 12.3 Å².